The molecule has 0 aliphatic rings. The van der Waals surface area contributed by atoms with E-state index < -0.39 is 0 Å². The number of nitrogens with two attached hydrogens (primary N) is 2. The molecule has 0 radical (unpaired) electrons. The number of aromatic nitrogens is 1. The minimum absolute atomic E-state index is 0.572. The van der Waals surface area contributed by atoms with Crippen LogP contribution < -0.4 is 11.5 Å². The maximum absolute atomic E-state index is 5.25. The van der Waals surface area contributed by atoms with Crippen molar-refractivity contribution in [1.82, 2.24) is 4.98 Å². The van der Waals surface area contributed by atoms with Crippen LogP contribution >= 0.6 is 0 Å². The van der Waals surface area contributed by atoms with Crippen molar-refractivity contribution in [1.29, 1.82) is 0 Å². The molecule has 4 N–H and O–H groups in total. The molecule has 0 amide bonds. The molecule has 0 saturated heterocycles. The zero-order valence-electron chi connectivity index (χ0n) is 8.24. The van der Waals surface area contributed by atoms with Gasteiger partial charge in [0.15, 0.2) is 0 Å². The number of hydrogen-bond acceptors (Lipinski definition) is 3. The molecule has 74 valence electrons. The number of pyridine rings is 1. The molecule has 0 spiro atoms. The molecule has 1 aromatic heterocycles. The summed E-state index contributed by atoms with van der Waals surface area (Å²) in [6.07, 6.45) is 5.42. The van der Waals surface area contributed by atoms with Crippen molar-refractivity contribution in [2.45, 2.75) is 26.2 Å². The molecule has 0 aliphatic heterocycles. The average molecular weight is 181 g/mol. The SMILES string of the molecule is CCCCCN.Nc1ccccn1. The first-order chi connectivity index (χ1) is 6.31. The maximum atomic E-state index is 5.25. The van der Waals surface area contributed by atoms with E-state index in [1.165, 1.54) is 19.3 Å². The number of anilines is 1. The van der Waals surface area contributed by atoms with Crippen LogP contribution in [0, 0.1) is 0 Å². The predicted molar refractivity (Wildman–Crippen MR) is 57.2 cm³/mol. The van der Waals surface area contributed by atoms with Gasteiger partial charge in [0.05, 0.1) is 0 Å². The lowest BCUT2D eigenvalue weighted by Gasteiger charge is -1.86. The van der Waals surface area contributed by atoms with Crippen LogP contribution in [0.3, 0.4) is 0 Å². The highest BCUT2D eigenvalue weighted by atomic mass is 14.8. The summed E-state index contributed by atoms with van der Waals surface area (Å²) in [5.74, 6) is 0.572. The Hall–Kier alpha value is -1.09. The van der Waals surface area contributed by atoms with E-state index in [1.807, 2.05) is 12.1 Å². The summed E-state index contributed by atoms with van der Waals surface area (Å²) >= 11 is 0. The molecule has 3 heteroatoms. The van der Waals surface area contributed by atoms with E-state index in [0.717, 1.165) is 6.54 Å². The first kappa shape index (κ1) is 11.9. The van der Waals surface area contributed by atoms with Crippen molar-refractivity contribution < 1.29 is 0 Å². The quantitative estimate of drug-likeness (QED) is 0.699. The third kappa shape index (κ3) is 8.82. The first-order valence-electron chi connectivity index (χ1n) is 4.67. The molecule has 0 atom stereocenters. The Kier molecular flexibility index (Phi) is 8.25. The Balaban J connectivity index is 0.000000226. The van der Waals surface area contributed by atoms with Gasteiger partial charge in [-0.05, 0) is 25.1 Å². The molecule has 0 aliphatic carbocycles. The molecule has 0 aromatic carbocycles. The fraction of sp³-hybridized carbons (Fsp3) is 0.500. The monoisotopic (exact) mass is 181 g/mol. The van der Waals surface area contributed by atoms with Gasteiger partial charge >= 0.3 is 0 Å². The van der Waals surface area contributed by atoms with E-state index in [1.54, 1.807) is 12.3 Å². The number of rotatable bonds is 3. The van der Waals surface area contributed by atoms with Crippen LogP contribution in [-0.4, -0.2) is 11.5 Å². The van der Waals surface area contributed by atoms with Gasteiger partial charge in [0.25, 0.3) is 0 Å². The summed E-state index contributed by atoms with van der Waals surface area (Å²) in [5.41, 5.74) is 10.5. The Morgan fingerprint density at radius 2 is 2.08 bits per heavy atom. The molecule has 1 heterocycles. The Morgan fingerprint density at radius 1 is 1.31 bits per heavy atom. The summed E-state index contributed by atoms with van der Waals surface area (Å²) in [4.78, 5) is 3.76. The highest BCUT2D eigenvalue weighted by molar-refractivity contribution is 5.25. The van der Waals surface area contributed by atoms with E-state index in [9.17, 15) is 0 Å². The van der Waals surface area contributed by atoms with E-state index in [4.69, 9.17) is 11.5 Å². The average Bonchev–Trinajstić information content (AvgIpc) is 2.17. The Morgan fingerprint density at radius 3 is 2.31 bits per heavy atom. The van der Waals surface area contributed by atoms with E-state index in [0.29, 0.717) is 5.82 Å². The number of nitrogens with zero attached hydrogens (tertiary/aromatic N) is 1. The molecule has 13 heavy (non-hydrogen) atoms. The van der Waals surface area contributed by atoms with Gasteiger partial charge in [-0.2, -0.15) is 0 Å². The number of nitrogen functional groups attached to an aromatic ring is 1. The highest BCUT2D eigenvalue weighted by Crippen LogP contribution is 1.89. The van der Waals surface area contributed by atoms with Gasteiger partial charge in [-0.3, -0.25) is 0 Å². The van der Waals surface area contributed by atoms with Gasteiger partial charge in [0.1, 0.15) is 5.82 Å². The fourth-order valence-corrected chi connectivity index (χ4v) is 0.770. The predicted octanol–water partition coefficient (Wildman–Crippen LogP) is 1.80. The van der Waals surface area contributed by atoms with Gasteiger partial charge in [-0.25, -0.2) is 4.98 Å². The van der Waals surface area contributed by atoms with Gasteiger partial charge < -0.3 is 11.5 Å². The Bertz CT molecular complexity index is 183. The van der Waals surface area contributed by atoms with Crippen molar-refractivity contribution >= 4 is 5.82 Å². The van der Waals surface area contributed by atoms with Crippen LogP contribution in [0.5, 0.6) is 0 Å². The van der Waals surface area contributed by atoms with Crippen molar-refractivity contribution in [3.8, 4) is 0 Å². The minimum Gasteiger partial charge on any atom is -0.384 e. The van der Waals surface area contributed by atoms with E-state index in [-0.39, 0.29) is 0 Å². The second-order valence-corrected chi connectivity index (χ2v) is 2.75. The largest absolute Gasteiger partial charge is 0.384 e. The smallest absolute Gasteiger partial charge is 0.123 e. The second-order valence-electron chi connectivity index (χ2n) is 2.75. The molecule has 3 nitrogen and oxygen atoms in total. The zero-order chi connectivity index (χ0) is 9.94. The number of hydrogen-bond donors (Lipinski definition) is 2. The van der Waals surface area contributed by atoms with Crippen molar-refractivity contribution in [2.75, 3.05) is 12.3 Å². The van der Waals surface area contributed by atoms with Crippen LogP contribution in [-0.2, 0) is 0 Å². The van der Waals surface area contributed by atoms with Gasteiger partial charge in [0, 0.05) is 6.20 Å². The molecule has 0 unspecified atom stereocenters. The van der Waals surface area contributed by atoms with Crippen molar-refractivity contribution in [3.05, 3.63) is 24.4 Å². The summed E-state index contributed by atoms with van der Waals surface area (Å²) in [6.45, 7) is 3.03. The summed E-state index contributed by atoms with van der Waals surface area (Å²) in [6, 6.07) is 5.43. The van der Waals surface area contributed by atoms with E-state index in [2.05, 4.69) is 11.9 Å². The molecule has 0 fully saturated rings. The third-order valence-corrected chi connectivity index (χ3v) is 1.50. The molecule has 0 bridgehead atoms. The van der Waals surface area contributed by atoms with Crippen LogP contribution in [0.15, 0.2) is 24.4 Å². The molecule has 1 aromatic rings. The van der Waals surface area contributed by atoms with Crippen LogP contribution in [0.1, 0.15) is 26.2 Å². The molecule has 0 saturated carbocycles. The number of unbranched alkanes of at least 4 members (excludes halogenated alkanes) is 2. The minimum atomic E-state index is 0.572. The van der Waals surface area contributed by atoms with Crippen LogP contribution in [0.2, 0.25) is 0 Å². The van der Waals surface area contributed by atoms with Crippen LogP contribution in [0.25, 0.3) is 0 Å². The summed E-state index contributed by atoms with van der Waals surface area (Å²) in [7, 11) is 0. The second kappa shape index (κ2) is 9.00. The van der Waals surface area contributed by atoms with Gasteiger partial charge in [0.2, 0.25) is 0 Å². The molecular weight excluding hydrogens is 162 g/mol. The van der Waals surface area contributed by atoms with Gasteiger partial charge in [-0.15, -0.1) is 0 Å². The normalized spacial score (nSPS) is 8.77. The molecule has 1 rings (SSSR count). The van der Waals surface area contributed by atoms with E-state index >= 15 is 0 Å². The summed E-state index contributed by atoms with van der Waals surface area (Å²) < 4.78 is 0. The topological polar surface area (TPSA) is 64.9 Å². The lowest BCUT2D eigenvalue weighted by Crippen LogP contribution is -1.96. The lowest BCUT2D eigenvalue weighted by molar-refractivity contribution is 0.727. The first-order valence-corrected chi connectivity index (χ1v) is 4.67. The fourth-order valence-electron chi connectivity index (χ4n) is 0.770. The Labute approximate surface area is 80.2 Å². The van der Waals surface area contributed by atoms with Crippen molar-refractivity contribution in [2.24, 2.45) is 5.73 Å². The third-order valence-electron chi connectivity index (χ3n) is 1.50. The van der Waals surface area contributed by atoms with Crippen molar-refractivity contribution in [3.63, 3.8) is 0 Å². The highest BCUT2D eigenvalue weighted by Gasteiger charge is 1.75. The van der Waals surface area contributed by atoms with Crippen LogP contribution in [0.4, 0.5) is 5.82 Å². The molecular formula is C10H19N3. The summed E-state index contributed by atoms with van der Waals surface area (Å²) in [5, 5.41) is 0. The standard InChI is InChI=1S/C5H6N2.C5H13N/c6-5-3-1-2-4-7-5;1-2-3-4-5-6/h1-4H,(H2,6,7);2-6H2,1H3. The maximum Gasteiger partial charge on any atom is 0.123 e. The van der Waals surface area contributed by atoms with Gasteiger partial charge in [-0.1, -0.05) is 25.8 Å². The lowest BCUT2D eigenvalue weighted by atomic mass is 10.3. The zero-order valence-corrected chi connectivity index (χ0v) is 8.24.